The number of nitrogens with one attached hydrogen (secondary N) is 1. The molecule has 0 spiro atoms. The van der Waals surface area contributed by atoms with Crippen molar-refractivity contribution in [2.75, 3.05) is 6.61 Å². The van der Waals surface area contributed by atoms with Crippen LogP contribution in [0.2, 0.25) is 0 Å². The van der Waals surface area contributed by atoms with Crippen LogP contribution in [-0.2, 0) is 16.1 Å². The van der Waals surface area contributed by atoms with E-state index in [1.54, 1.807) is 6.26 Å². The summed E-state index contributed by atoms with van der Waals surface area (Å²) in [7, 11) is 0. The molecule has 1 aliphatic carbocycles. The van der Waals surface area contributed by atoms with E-state index in [2.05, 4.69) is 10.5 Å². The van der Waals surface area contributed by atoms with Crippen LogP contribution in [0.4, 0.5) is 0 Å². The van der Waals surface area contributed by atoms with Gasteiger partial charge in [0.25, 0.3) is 0 Å². The van der Waals surface area contributed by atoms with Gasteiger partial charge < -0.3 is 14.6 Å². The molecule has 0 aromatic carbocycles. The van der Waals surface area contributed by atoms with Gasteiger partial charge in [-0.25, -0.2) is 0 Å². The largest absolute Gasteiger partial charge is 0.466 e. The molecule has 0 bridgehead atoms. The number of hydrogen-bond acceptors (Lipinski definition) is 5. The second-order valence-corrected chi connectivity index (χ2v) is 4.68. The Hall–Kier alpha value is -1.36. The smallest absolute Gasteiger partial charge is 0.308 e. The highest BCUT2D eigenvalue weighted by Crippen LogP contribution is 2.25. The fourth-order valence-corrected chi connectivity index (χ4v) is 2.43. The van der Waals surface area contributed by atoms with Crippen molar-refractivity contribution in [2.45, 2.75) is 45.2 Å². The molecule has 2 rings (SSSR count). The second-order valence-electron chi connectivity index (χ2n) is 4.68. The lowest BCUT2D eigenvalue weighted by molar-refractivity contribution is -0.149. The summed E-state index contributed by atoms with van der Waals surface area (Å²) in [6.45, 7) is 3.00. The van der Waals surface area contributed by atoms with Gasteiger partial charge in [0, 0.05) is 18.7 Å². The van der Waals surface area contributed by atoms with Crippen LogP contribution in [0.25, 0.3) is 0 Å². The number of nitrogens with zero attached hydrogens (tertiary/aromatic N) is 1. The summed E-state index contributed by atoms with van der Waals surface area (Å²) in [6.07, 6.45) is 5.55. The van der Waals surface area contributed by atoms with Crippen LogP contribution in [0.15, 0.2) is 16.9 Å². The third kappa shape index (κ3) is 3.57. The van der Waals surface area contributed by atoms with Crippen LogP contribution in [0.5, 0.6) is 0 Å². The Kier molecular flexibility index (Phi) is 4.75. The maximum Gasteiger partial charge on any atom is 0.308 e. The predicted molar refractivity (Wildman–Crippen MR) is 65.7 cm³/mol. The molecular formula is C13H20N2O3. The molecule has 5 heteroatoms. The normalized spacial score (nSPS) is 23.8. The van der Waals surface area contributed by atoms with E-state index in [-0.39, 0.29) is 11.9 Å². The number of hydrogen-bond donors (Lipinski definition) is 1. The van der Waals surface area contributed by atoms with Gasteiger partial charge in [-0.15, -0.1) is 0 Å². The highest BCUT2D eigenvalue weighted by Gasteiger charge is 2.27. The molecule has 18 heavy (non-hydrogen) atoms. The van der Waals surface area contributed by atoms with Gasteiger partial charge in [0.2, 0.25) is 0 Å². The van der Waals surface area contributed by atoms with E-state index in [9.17, 15) is 4.79 Å². The lowest BCUT2D eigenvalue weighted by Gasteiger charge is -2.28. The predicted octanol–water partition coefficient (Wildman–Crippen LogP) is 1.89. The fourth-order valence-electron chi connectivity index (χ4n) is 2.43. The Bertz CT molecular complexity index is 364. The van der Waals surface area contributed by atoms with Crippen LogP contribution < -0.4 is 5.32 Å². The summed E-state index contributed by atoms with van der Waals surface area (Å²) >= 11 is 0. The zero-order valence-electron chi connectivity index (χ0n) is 10.7. The van der Waals surface area contributed by atoms with Gasteiger partial charge in [-0.2, -0.15) is 0 Å². The van der Waals surface area contributed by atoms with Gasteiger partial charge in [0.05, 0.1) is 18.2 Å². The molecule has 1 aromatic heterocycles. The maximum absolute atomic E-state index is 11.7. The van der Waals surface area contributed by atoms with Gasteiger partial charge in [-0.05, 0) is 26.2 Å². The van der Waals surface area contributed by atoms with E-state index in [0.29, 0.717) is 19.2 Å². The minimum Gasteiger partial charge on any atom is -0.466 e. The average Bonchev–Trinajstić information content (AvgIpc) is 2.90. The molecule has 1 heterocycles. The van der Waals surface area contributed by atoms with E-state index >= 15 is 0 Å². The third-order valence-corrected chi connectivity index (χ3v) is 3.36. The Morgan fingerprint density at radius 3 is 3.22 bits per heavy atom. The Labute approximate surface area is 107 Å². The average molecular weight is 252 g/mol. The molecule has 5 nitrogen and oxygen atoms in total. The number of esters is 1. The summed E-state index contributed by atoms with van der Waals surface area (Å²) < 4.78 is 9.87. The first kappa shape index (κ1) is 13.1. The standard InChI is InChI=1S/C13H20N2O3/c1-2-17-13(16)10-4-3-5-11(8-10)14-9-12-6-7-18-15-12/h6-7,10-11,14H,2-5,8-9H2,1H3. The van der Waals surface area contributed by atoms with Crippen LogP contribution in [-0.4, -0.2) is 23.8 Å². The summed E-state index contributed by atoms with van der Waals surface area (Å²) in [6, 6.07) is 2.21. The van der Waals surface area contributed by atoms with E-state index < -0.39 is 0 Å². The van der Waals surface area contributed by atoms with E-state index in [4.69, 9.17) is 9.26 Å². The van der Waals surface area contributed by atoms with Crippen molar-refractivity contribution in [1.29, 1.82) is 0 Å². The van der Waals surface area contributed by atoms with Crippen molar-refractivity contribution in [3.8, 4) is 0 Å². The van der Waals surface area contributed by atoms with Crippen LogP contribution in [0, 0.1) is 5.92 Å². The fraction of sp³-hybridized carbons (Fsp3) is 0.692. The van der Waals surface area contributed by atoms with Gasteiger partial charge >= 0.3 is 5.97 Å². The minimum absolute atomic E-state index is 0.0495. The summed E-state index contributed by atoms with van der Waals surface area (Å²) in [5.41, 5.74) is 0.897. The molecule has 1 N–H and O–H groups in total. The first-order chi connectivity index (χ1) is 8.79. The first-order valence-corrected chi connectivity index (χ1v) is 6.59. The van der Waals surface area contributed by atoms with E-state index in [1.165, 1.54) is 0 Å². The van der Waals surface area contributed by atoms with Gasteiger partial charge in [-0.3, -0.25) is 4.79 Å². The number of ether oxygens (including phenoxy) is 1. The van der Waals surface area contributed by atoms with Gasteiger partial charge in [-0.1, -0.05) is 11.6 Å². The quantitative estimate of drug-likeness (QED) is 0.811. The van der Waals surface area contributed by atoms with E-state index in [1.807, 2.05) is 13.0 Å². The Morgan fingerprint density at radius 1 is 1.61 bits per heavy atom. The van der Waals surface area contributed by atoms with Gasteiger partial charge in [0.15, 0.2) is 0 Å². The molecular weight excluding hydrogens is 232 g/mol. The molecule has 1 saturated carbocycles. The van der Waals surface area contributed by atoms with Crippen LogP contribution >= 0.6 is 0 Å². The van der Waals surface area contributed by atoms with Crippen molar-refractivity contribution in [2.24, 2.45) is 5.92 Å². The molecule has 1 fully saturated rings. The van der Waals surface area contributed by atoms with Crippen molar-refractivity contribution < 1.29 is 14.1 Å². The molecule has 2 unspecified atom stereocenters. The lowest BCUT2D eigenvalue weighted by Crippen LogP contribution is -2.36. The number of carbonyl (C=O) groups excluding carboxylic acids is 1. The molecule has 1 aromatic rings. The Balaban J connectivity index is 1.77. The highest BCUT2D eigenvalue weighted by atomic mass is 16.5. The van der Waals surface area contributed by atoms with E-state index in [0.717, 1.165) is 31.4 Å². The molecule has 100 valence electrons. The van der Waals surface area contributed by atoms with Crippen molar-refractivity contribution in [1.82, 2.24) is 10.5 Å². The molecule has 2 atom stereocenters. The van der Waals surface area contributed by atoms with Crippen molar-refractivity contribution in [3.05, 3.63) is 18.0 Å². The van der Waals surface area contributed by atoms with Crippen molar-refractivity contribution >= 4 is 5.97 Å². The number of rotatable bonds is 5. The molecule has 0 amide bonds. The lowest BCUT2D eigenvalue weighted by atomic mass is 9.85. The molecule has 1 aliphatic rings. The maximum atomic E-state index is 11.7. The zero-order valence-corrected chi connectivity index (χ0v) is 10.7. The topological polar surface area (TPSA) is 64.4 Å². The van der Waals surface area contributed by atoms with Crippen LogP contribution in [0.1, 0.15) is 38.3 Å². The summed E-state index contributed by atoms with van der Waals surface area (Å²) in [4.78, 5) is 11.7. The first-order valence-electron chi connectivity index (χ1n) is 6.59. The molecule has 0 saturated heterocycles. The van der Waals surface area contributed by atoms with Gasteiger partial charge in [0.1, 0.15) is 6.26 Å². The SMILES string of the molecule is CCOC(=O)C1CCCC(NCc2ccon2)C1. The summed E-state index contributed by atoms with van der Waals surface area (Å²) in [5, 5.41) is 7.28. The Morgan fingerprint density at radius 2 is 2.50 bits per heavy atom. The number of carbonyl (C=O) groups is 1. The second kappa shape index (κ2) is 6.54. The highest BCUT2D eigenvalue weighted by molar-refractivity contribution is 5.72. The summed E-state index contributed by atoms with van der Waals surface area (Å²) in [5.74, 6) is -0.000977. The zero-order chi connectivity index (χ0) is 12.8. The third-order valence-electron chi connectivity index (χ3n) is 3.36. The van der Waals surface area contributed by atoms with Crippen molar-refractivity contribution in [3.63, 3.8) is 0 Å². The monoisotopic (exact) mass is 252 g/mol. The van der Waals surface area contributed by atoms with Crippen LogP contribution in [0.3, 0.4) is 0 Å². The molecule has 0 radical (unpaired) electrons. The molecule has 0 aliphatic heterocycles. The number of aromatic nitrogens is 1. The minimum atomic E-state index is -0.0505.